The Bertz CT molecular complexity index is 1070. The zero-order valence-electron chi connectivity index (χ0n) is 14.0. The summed E-state index contributed by atoms with van der Waals surface area (Å²) in [5.41, 5.74) is 0.287. The van der Waals surface area contributed by atoms with Crippen molar-refractivity contribution in [3.63, 3.8) is 0 Å². The number of H-pyrrole nitrogens is 1. The van der Waals surface area contributed by atoms with Gasteiger partial charge in [0, 0.05) is 6.54 Å². The smallest absolute Gasteiger partial charge is 0.337 e. The highest BCUT2D eigenvalue weighted by molar-refractivity contribution is 5.96. The molecule has 0 radical (unpaired) electrons. The topological polar surface area (TPSA) is 93.2 Å². The normalized spacial score (nSPS) is 18.2. The second kappa shape index (κ2) is 5.98. The molecule has 8 heteroatoms. The average molecular weight is 357 g/mol. The summed E-state index contributed by atoms with van der Waals surface area (Å²) in [6, 6.07) is 5.73. The number of carbonyl (C=O) groups excluding carboxylic acids is 1. The van der Waals surface area contributed by atoms with Crippen LogP contribution in [-0.2, 0) is 16.1 Å². The summed E-state index contributed by atoms with van der Waals surface area (Å²) in [5.74, 6) is -1.51. The summed E-state index contributed by atoms with van der Waals surface area (Å²) in [6.45, 7) is 2.31. The molecule has 7 nitrogen and oxygen atoms in total. The van der Waals surface area contributed by atoms with Crippen LogP contribution in [0.25, 0.3) is 0 Å². The van der Waals surface area contributed by atoms with E-state index in [2.05, 4.69) is 10.3 Å². The lowest BCUT2D eigenvalue weighted by atomic mass is 9.83. The quantitative estimate of drug-likeness (QED) is 0.811. The van der Waals surface area contributed by atoms with Crippen LogP contribution >= 0.6 is 0 Å². The number of nitrogens with zero attached hydrogens (tertiary/aromatic N) is 1. The molecule has 0 unspecified atom stereocenters. The van der Waals surface area contributed by atoms with Gasteiger partial charge in [-0.1, -0.05) is 19.1 Å². The van der Waals surface area contributed by atoms with Crippen LogP contribution in [0.1, 0.15) is 30.4 Å². The lowest BCUT2D eigenvalue weighted by molar-refractivity contribution is -0.136. The molecule has 0 saturated carbocycles. The van der Waals surface area contributed by atoms with Gasteiger partial charge in [-0.15, -0.1) is 0 Å². The van der Waals surface area contributed by atoms with E-state index in [-0.39, 0.29) is 17.7 Å². The number of benzene rings is 1. The Morgan fingerprint density at radius 3 is 2.85 bits per heavy atom. The molecule has 0 aliphatic carbocycles. The highest BCUT2D eigenvalue weighted by Crippen LogP contribution is 2.42. The number of aromatic nitrogens is 2. The van der Waals surface area contributed by atoms with Crippen LogP contribution in [0.15, 0.2) is 45.1 Å². The third-order valence-electron chi connectivity index (χ3n) is 4.60. The maximum absolute atomic E-state index is 13.8. The molecule has 0 fully saturated rings. The average Bonchev–Trinajstić information content (AvgIpc) is 2.98. The highest BCUT2D eigenvalue weighted by Gasteiger charge is 2.41. The fourth-order valence-electron chi connectivity index (χ4n) is 3.54. The van der Waals surface area contributed by atoms with Crippen molar-refractivity contribution in [2.45, 2.75) is 25.8 Å². The molecule has 1 aromatic heterocycles. The van der Waals surface area contributed by atoms with Gasteiger partial charge in [0.2, 0.25) is 0 Å². The van der Waals surface area contributed by atoms with Crippen LogP contribution in [0.3, 0.4) is 0 Å². The molecule has 0 bridgehead atoms. The predicted molar refractivity (Wildman–Crippen MR) is 91.5 cm³/mol. The summed E-state index contributed by atoms with van der Waals surface area (Å²) < 4.78 is 20.4. The molecule has 2 aromatic rings. The minimum absolute atomic E-state index is 0.0204. The molecule has 2 aliphatic heterocycles. The van der Waals surface area contributed by atoms with Gasteiger partial charge < -0.3 is 10.1 Å². The van der Waals surface area contributed by atoms with Gasteiger partial charge in [0.15, 0.2) is 0 Å². The van der Waals surface area contributed by atoms with Crippen LogP contribution < -0.4 is 16.6 Å². The Labute approximate surface area is 147 Å². The minimum Gasteiger partial charge on any atom is -0.456 e. The highest BCUT2D eigenvalue weighted by atomic mass is 19.1. The van der Waals surface area contributed by atoms with Crippen LogP contribution in [0.4, 0.5) is 10.2 Å². The molecule has 1 atom stereocenters. The van der Waals surface area contributed by atoms with Crippen LogP contribution in [-0.4, -0.2) is 22.1 Å². The number of carbonyl (C=O) groups is 1. The summed E-state index contributed by atoms with van der Waals surface area (Å²) in [6.07, 6.45) is 0.673. The van der Waals surface area contributed by atoms with Crippen LogP contribution in [0.5, 0.6) is 0 Å². The van der Waals surface area contributed by atoms with Crippen LogP contribution in [0.2, 0.25) is 0 Å². The van der Waals surface area contributed by atoms with Gasteiger partial charge in [0.05, 0.1) is 22.8 Å². The predicted octanol–water partition coefficient (Wildman–Crippen LogP) is 1.45. The second-order valence-electron chi connectivity index (χ2n) is 6.25. The third-order valence-corrected chi connectivity index (χ3v) is 4.60. The van der Waals surface area contributed by atoms with Crippen molar-refractivity contribution >= 4 is 11.8 Å². The van der Waals surface area contributed by atoms with Crippen molar-refractivity contribution in [1.29, 1.82) is 0 Å². The Morgan fingerprint density at radius 1 is 1.31 bits per heavy atom. The molecule has 0 amide bonds. The molecule has 0 saturated heterocycles. The van der Waals surface area contributed by atoms with E-state index in [4.69, 9.17) is 4.74 Å². The Balaban J connectivity index is 2.04. The lowest BCUT2D eigenvalue weighted by Crippen LogP contribution is -2.38. The van der Waals surface area contributed by atoms with Gasteiger partial charge >= 0.3 is 11.7 Å². The molecule has 1 aromatic carbocycles. The molecule has 2 aliphatic rings. The number of aromatic amines is 1. The molecule has 2 N–H and O–H groups in total. The van der Waals surface area contributed by atoms with E-state index in [1.54, 1.807) is 6.07 Å². The first-order valence-electron chi connectivity index (χ1n) is 8.31. The summed E-state index contributed by atoms with van der Waals surface area (Å²) in [7, 11) is 0. The number of ether oxygens (including phenoxy) is 1. The van der Waals surface area contributed by atoms with Crippen molar-refractivity contribution in [3.05, 3.63) is 73.3 Å². The van der Waals surface area contributed by atoms with E-state index in [0.717, 1.165) is 0 Å². The monoisotopic (exact) mass is 357 g/mol. The maximum atomic E-state index is 13.8. The second-order valence-corrected chi connectivity index (χ2v) is 6.25. The number of halogens is 1. The maximum Gasteiger partial charge on any atom is 0.337 e. The SMILES string of the molecule is CCCn1c2c(c(=O)[nH]c1=O)[C@@H](c1cccc(F)c1)C1=C(COC1=O)N2. The first-order valence-corrected chi connectivity index (χ1v) is 8.31. The van der Waals surface area contributed by atoms with Gasteiger partial charge in [-0.05, 0) is 24.1 Å². The number of nitrogens with one attached hydrogen (secondary N) is 2. The standard InChI is InChI=1S/C18H16FN3O4/c1-2-6-22-15-14(16(23)21-18(22)25)12(9-4-3-5-10(19)7-9)13-11(20-15)8-26-17(13)24/h3-5,7,12,20H,2,6,8H2,1H3,(H,21,23,25)/t12-/m0/s1. The Hall–Kier alpha value is -3.16. The van der Waals surface area contributed by atoms with Gasteiger partial charge in [-0.2, -0.15) is 0 Å². The number of cyclic esters (lactones) is 1. The van der Waals surface area contributed by atoms with E-state index in [0.29, 0.717) is 30.0 Å². The summed E-state index contributed by atoms with van der Waals surface area (Å²) >= 11 is 0. The molecule has 134 valence electrons. The zero-order valence-corrected chi connectivity index (χ0v) is 14.0. The summed E-state index contributed by atoms with van der Waals surface area (Å²) in [4.78, 5) is 39.5. The van der Waals surface area contributed by atoms with E-state index in [1.165, 1.54) is 22.8 Å². The largest absolute Gasteiger partial charge is 0.456 e. The van der Waals surface area contributed by atoms with Gasteiger partial charge in [-0.3, -0.25) is 14.3 Å². The zero-order chi connectivity index (χ0) is 18.4. The van der Waals surface area contributed by atoms with Crippen molar-refractivity contribution in [3.8, 4) is 0 Å². The minimum atomic E-state index is -0.806. The van der Waals surface area contributed by atoms with Gasteiger partial charge in [0.25, 0.3) is 5.56 Å². The van der Waals surface area contributed by atoms with Crippen molar-refractivity contribution in [2.75, 3.05) is 11.9 Å². The number of rotatable bonds is 3. The molecular formula is C18H16FN3O4. The van der Waals surface area contributed by atoms with Crippen molar-refractivity contribution in [2.24, 2.45) is 0 Å². The molecule has 26 heavy (non-hydrogen) atoms. The number of hydrogen-bond acceptors (Lipinski definition) is 5. The Morgan fingerprint density at radius 2 is 2.12 bits per heavy atom. The van der Waals surface area contributed by atoms with E-state index >= 15 is 0 Å². The fourth-order valence-corrected chi connectivity index (χ4v) is 3.54. The Kier molecular flexibility index (Phi) is 3.75. The molecule has 4 rings (SSSR count). The first kappa shape index (κ1) is 16.3. The number of fused-ring (bicyclic) bond motifs is 1. The van der Waals surface area contributed by atoms with Gasteiger partial charge in [0.1, 0.15) is 18.2 Å². The van der Waals surface area contributed by atoms with Gasteiger partial charge in [-0.25, -0.2) is 14.0 Å². The van der Waals surface area contributed by atoms with Crippen molar-refractivity contribution in [1.82, 2.24) is 9.55 Å². The lowest BCUT2D eigenvalue weighted by Gasteiger charge is -2.28. The number of hydrogen-bond donors (Lipinski definition) is 2. The fraction of sp³-hybridized carbons (Fsp3) is 0.278. The number of anilines is 1. The third kappa shape index (κ3) is 2.37. The van der Waals surface area contributed by atoms with E-state index in [1.807, 2.05) is 6.92 Å². The summed E-state index contributed by atoms with van der Waals surface area (Å²) in [5, 5.41) is 3.02. The van der Waals surface area contributed by atoms with E-state index in [9.17, 15) is 18.8 Å². The molecule has 0 spiro atoms. The van der Waals surface area contributed by atoms with E-state index < -0.39 is 29.0 Å². The molecule has 3 heterocycles. The van der Waals surface area contributed by atoms with Crippen LogP contribution in [0, 0.1) is 5.82 Å². The van der Waals surface area contributed by atoms with Crippen molar-refractivity contribution < 1.29 is 13.9 Å². The first-order chi connectivity index (χ1) is 12.5. The number of esters is 1. The molecular weight excluding hydrogens is 341 g/mol.